The topological polar surface area (TPSA) is 118 Å². The van der Waals surface area contributed by atoms with Crippen LogP contribution in [0.5, 0.6) is 0 Å². The molecule has 0 radical (unpaired) electrons. The standard InChI is InChI=1S/C18H26N6O2/c1-3-21-13-8-7-12(15(25)26-2)11-14(13)24-17(20)22-16(19)23-18(24)9-5-4-6-10-18/h7-8,11,21H,3-6,9-10H2,1-2H3,(H4,19,20,22,23). The SMILES string of the molecule is CCNc1ccc(C(=O)OC)cc1N1C(N)=NC(N)=NC12CCCCC2. The summed E-state index contributed by atoms with van der Waals surface area (Å²) in [5.74, 6) is 0.0952. The lowest BCUT2D eigenvalue weighted by atomic mass is 9.87. The van der Waals surface area contributed by atoms with Gasteiger partial charge in [-0.3, -0.25) is 4.90 Å². The lowest BCUT2D eigenvalue weighted by Crippen LogP contribution is -2.58. The summed E-state index contributed by atoms with van der Waals surface area (Å²) in [4.78, 5) is 22.8. The maximum Gasteiger partial charge on any atom is 0.337 e. The van der Waals surface area contributed by atoms with Crippen LogP contribution in [-0.2, 0) is 4.74 Å². The number of carbonyl (C=O) groups is 1. The first kappa shape index (κ1) is 18.0. The summed E-state index contributed by atoms with van der Waals surface area (Å²) in [7, 11) is 1.37. The van der Waals surface area contributed by atoms with E-state index < -0.39 is 11.6 Å². The van der Waals surface area contributed by atoms with E-state index in [1.807, 2.05) is 17.9 Å². The van der Waals surface area contributed by atoms with Crippen LogP contribution in [0.4, 0.5) is 11.4 Å². The molecule has 8 nitrogen and oxygen atoms in total. The van der Waals surface area contributed by atoms with Crippen molar-refractivity contribution in [1.29, 1.82) is 0 Å². The minimum atomic E-state index is -0.562. The summed E-state index contributed by atoms with van der Waals surface area (Å²) >= 11 is 0. The molecular weight excluding hydrogens is 332 g/mol. The Morgan fingerprint density at radius 3 is 2.69 bits per heavy atom. The van der Waals surface area contributed by atoms with Crippen molar-refractivity contribution in [2.45, 2.75) is 44.7 Å². The van der Waals surface area contributed by atoms with E-state index in [0.29, 0.717) is 11.5 Å². The molecule has 1 aliphatic carbocycles. The van der Waals surface area contributed by atoms with Crippen LogP contribution < -0.4 is 21.7 Å². The zero-order valence-electron chi connectivity index (χ0n) is 15.3. The number of anilines is 2. The Hall–Kier alpha value is -2.77. The molecule has 26 heavy (non-hydrogen) atoms. The Bertz CT molecular complexity index is 752. The fraction of sp³-hybridized carbons (Fsp3) is 0.500. The molecule has 1 heterocycles. The van der Waals surface area contributed by atoms with Gasteiger partial charge in [0.15, 0.2) is 0 Å². The smallest absolute Gasteiger partial charge is 0.337 e. The van der Waals surface area contributed by atoms with Gasteiger partial charge in [-0.1, -0.05) is 6.42 Å². The molecule has 3 rings (SSSR count). The normalized spacial score (nSPS) is 18.9. The van der Waals surface area contributed by atoms with E-state index in [1.54, 1.807) is 12.1 Å². The van der Waals surface area contributed by atoms with E-state index in [2.05, 4.69) is 15.3 Å². The van der Waals surface area contributed by atoms with Crippen LogP contribution in [0.25, 0.3) is 0 Å². The quantitative estimate of drug-likeness (QED) is 0.709. The summed E-state index contributed by atoms with van der Waals surface area (Å²) in [6.07, 6.45) is 4.89. The Morgan fingerprint density at radius 2 is 2.04 bits per heavy atom. The number of hydrogen-bond donors (Lipinski definition) is 3. The zero-order valence-corrected chi connectivity index (χ0v) is 15.3. The molecular formula is C18H26N6O2. The number of carbonyl (C=O) groups excluding carboxylic acids is 1. The summed E-state index contributed by atoms with van der Waals surface area (Å²) in [5.41, 5.74) is 13.7. The molecule has 0 saturated heterocycles. The molecule has 5 N–H and O–H groups in total. The maximum atomic E-state index is 12.0. The molecule has 1 aromatic carbocycles. The van der Waals surface area contributed by atoms with Gasteiger partial charge in [-0.25, -0.2) is 9.79 Å². The van der Waals surface area contributed by atoms with Gasteiger partial charge in [0.25, 0.3) is 0 Å². The number of guanidine groups is 2. The molecule has 1 fully saturated rings. The highest BCUT2D eigenvalue weighted by atomic mass is 16.5. The van der Waals surface area contributed by atoms with Crippen molar-refractivity contribution >= 4 is 29.3 Å². The molecule has 0 atom stereocenters. The van der Waals surface area contributed by atoms with Crippen molar-refractivity contribution < 1.29 is 9.53 Å². The van der Waals surface area contributed by atoms with E-state index in [-0.39, 0.29) is 5.96 Å². The third-order valence-electron chi connectivity index (χ3n) is 4.88. The van der Waals surface area contributed by atoms with Crippen LogP contribution in [0.1, 0.15) is 49.4 Å². The first-order chi connectivity index (χ1) is 12.5. The Labute approximate surface area is 153 Å². The van der Waals surface area contributed by atoms with Gasteiger partial charge in [-0.15, -0.1) is 0 Å². The van der Waals surface area contributed by atoms with Gasteiger partial charge < -0.3 is 21.5 Å². The predicted molar refractivity (Wildman–Crippen MR) is 103 cm³/mol. The summed E-state index contributed by atoms with van der Waals surface area (Å²) in [6.45, 7) is 2.74. The molecule has 1 spiro atoms. The van der Waals surface area contributed by atoms with Crippen LogP contribution in [-0.4, -0.2) is 37.2 Å². The fourth-order valence-electron chi connectivity index (χ4n) is 3.77. The summed E-state index contributed by atoms with van der Waals surface area (Å²) in [5, 5.41) is 3.33. The highest BCUT2D eigenvalue weighted by molar-refractivity contribution is 6.08. The molecule has 1 aliphatic heterocycles. The van der Waals surface area contributed by atoms with Gasteiger partial charge in [-0.05, 0) is 50.8 Å². The van der Waals surface area contributed by atoms with Crippen molar-refractivity contribution in [2.75, 3.05) is 23.9 Å². The van der Waals surface area contributed by atoms with Crippen molar-refractivity contribution in [2.24, 2.45) is 21.5 Å². The number of ether oxygens (including phenoxy) is 1. The van der Waals surface area contributed by atoms with Crippen LogP contribution in [0.2, 0.25) is 0 Å². The summed E-state index contributed by atoms with van der Waals surface area (Å²) < 4.78 is 4.87. The molecule has 0 unspecified atom stereocenters. The third-order valence-corrected chi connectivity index (χ3v) is 4.88. The first-order valence-corrected chi connectivity index (χ1v) is 8.96. The monoisotopic (exact) mass is 358 g/mol. The number of nitrogens with zero attached hydrogens (tertiary/aromatic N) is 3. The fourth-order valence-corrected chi connectivity index (χ4v) is 3.77. The van der Waals surface area contributed by atoms with Gasteiger partial charge in [0, 0.05) is 6.54 Å². The minimum Gasteiger partial charge on any atom is -0.465 e. The molecule has 140 valence electrons. The molecule has 1 aromatic rings. The van der Waals surface area contributed by atoms with E-state index in [4.69, 9.17) is 16.2 Å². The molecule has 0 amide bonds. The van der Waals surface area contributed by atoms with Crippen LogP contribution in [0.3, 0.4) is 0 Å². The average molecular weight is 358 g/mol. The van der Waals surface area contributed by atoms with Crippen LogP contribution >= 0.6 is 0 Å². The lowest BCUT2D eigenvalue weighted by Gasteiger charge is -2.46. The molecule has 0 bridgehead atoms. The van der Waals surface area contributed by atoms with Gasteiger partial charge >= 0.3 is 5.97 Å². The van der Waals surface area contributed by atoms with E-state index in [0.717, 1.165) is 50.0 Å². The van der Waals surface area contributed by atoms with E-state index in [1.165, 1.54) is 7.11 Å². The number of esters is 1. The number of nitrogens with two attached hydrogens (primary N) is 2. The summed E-state index contributed by atoms with van der Waals surface area (Å²) in [6, 6.07) is 5.37. The Morgan fingerprint density at radius 1 is 1.31 bits per heavy atom. The zero-order chi connectivity index (χ0) is 18.7. The Kier molecular flexibility index (Phi) is 5.01. The van der Waals surface area contributed by atoms with Gasteiger partial charge in [-0.2, -0.15) is 4.99 Å². The molecule has 8 heteroatoms. The predicted octanol–water partition coefficient (Wildman–Crippen LogP) is 2.01. The second kappa shape index (κ2) is 7.23. The van der Waals surface area contributed by atoms with Crippen LogP contribution in [0.15, 0.2) is 28.2 Å². The number of benzene rings is 1. The van der Waals surface area contributed by atoms with Gasteiger partial charge in [0.2, 0.25) is 11.9 Å². The van der Waals surface area contributed by atoms with Gasteiger partial charge in [0.1, 0.15) is 5.66 Å². The highest BCUT2D eigenvalue weighted by Gasteiger charge is 2.43. The number of rotatable bonds is 4. The third kappa shape index (κ3) is 3.18. The van der Waals surface area contributed by atoms with Crippen molar-refractivity contribution in [3.63, 3.8) is 0 Å². The second-order valence-corrected chi connectivity index (χ2v) is 6.57. The average Bonchev–Trinajstić information content (AvgIpc) is 2.62. The minimum absolute atomic E-state index is 0.203. The molecule has 2 aliphatic rings. The Balaban J connectivity index is 2.14. The maximum absolute atomic E-state index is 12.0. The van der Waals surface area contributed by atoms with Crippen molar-refractivity contribution in [3.8, 4) is 0 Å². The van der Waals surface area contributed by atoms with Gasteiger partial charge in [0.05, 0.1) is 24.0 Å². The second-order valence-electron chi connectivity index (χ2n) is 6.57. The lowest BCUT2D eigenvalue weighted by molar-refractivity contribution is 0.0600. The van der Waals surface area contributed by atoms with E-state index in [9.17, 15) is 4.79 Å². The van der Waals surface area contributed by atoms with Crippen molar-refractivity contribution in [1.82, 2.24) is 0 Å². The largest absolute Gasteiger partial charge is 0.465 e. The molecule has 0 aromatic heterocycles. The highest BCUT2D eigenvalue weighted by Crippen LogP contribution is 2.42. The van der Waals surface area contributed by atoms with E-state index >= 15 is 0 Å². The number of methoxy groups -OCH3 is 1. The first-order valence-electron chi connectivity index (χ1n) is 8.96. The number of nitrogens with one attached hydrogen (secondary N) is 1. The number of aliphatic imine (C=N–C) groups is 2. The molecule has 1 saturated carbocycles. The van der Waals surface area contributed by atoms with Crippen LogP contribution in [0, 0.1) is 0 Å². The number of hydrogen-bond acceptors (Lipinski definition) is 8. The van der Waals surface area contributed by atoms with Crippen molar-refractivity contribution in [3.05, 3.63) is 23.8 Å².